The summed E-state index contributed by atoms with van der Waals surface area (Å²) in [5.74, 6) is 0. The third kappa shape index (κ3) is 2.49. The first-order valence-corrected chi connectivity index (χ1v) is 4.72. The first-order valence-electron chi connectivity index (χ1n) is 4.72. The minimum Gasteiger partial charge on any atom is -0.391 e. The largest absolute Gasteiger partial charge is 0.391 e. The fourth-order valence-electron chi connectivity index (χ4n) is 1.26. The van der Waals surface area contributed by atoms with Crippen LogP contribution in [-0.2, 0) is 0 Å². The zero-order chi connectivity index (χ0) is 9.84. The summed E-state index contributed by atoms with van der Waals surface area (Å²) in [4.78, 5) is 0. The third-order valence-corrected chi connectivity index (χ3v) is 2.23. The molecule has 0 amide bonds. The van der Waals surface area contributed by atoms with Crippen LogP contribution < -0.4 is 5.43 Å². The number of nitrogens with zero attached hydrogens (tertiary/aromatic N) is 1. The molecule has 0 saturated carbocycles. The summed E-state index contributed by atoms with van der Waals surface area (Å²) in [6.45, 7) is 6.66. The van der Waals surface area contributed by atoms with Crippen LogP contribution in [0.15, 0.2) is 12.1 Å². The van der Waals surface area contributed by atoms with Crippen molar-refractivity contribution in [3.63, 3.8) is 0 Å². The second-order valence-electron chi connectivity index (χ2n) is 3.38. The van der Waals surface area contributed by atoms with Crippen molar-refractivity contribution in [3.05, 3.63) is 23.5 Å². The van der Waals surface area contributed by atoms with E-state index < -0.39 is 0 Å². The molecule has 0 aliphatic heterocycles. The van der Waals surface area contributed by atoms with E-state index in [1.807, 2.05) is 25.4 Å². The van der Waals surface area contributed by atoms with E-state index in [0.29, 0.717) is 6.54 Å². The molecule has 2 N–H and O–H groups in total. The van der Waals surface area contributed by atoms with E-state index >= 15 is 0 Å². The molecule has 0 saturated heterocycles. The Labute approximate surface area is 79.4 Å². The molecule has 1 atom stereocenters. The highest BCUT2D eigenvalue weighted by atomic mass is 16.3. The number of aliphatic hydroxyl groups is 1. The van der Waals surface area contributed by atoms with Gasteiger partial charge in [0.25, 0.3) is 0 Å². The highest BCUT2D eigenvalue weighted by Crippen LogP contribution is 2.04. The van der Waals surface area contributed by atoms with Gasteiger partial charge in [-0.1, -0.05) is 6.92 Å². The van der Waals surface area contributed by atoms with Gasteiger partial charge in [0.2, 0.25) is 0 Å². The van der Waals surface area contributed by atoms with Crippen LogP contribution in [0, 0.1) is 13.8 Å². The van der Waals surface area contributed by atoms with Crippen molar-refractivity contribution < 1.29 is 5.11 Å². The highest BCUT2D eigenvalue weighted by molar-refractivity contribution is 5.15. The predicted molar refractivity (Wildman–Crippen MR) is 54.4 cm³/mol. The summed E-state index contributed by atoms with van der Waals surface area (Å²) in [7, 11) is 0. The first-order chi connectivity index (χ1) is 6.15. The minimum absolute atomic E-state index is 0.263. The van der Waals surface area contributed by atoms with Crippen LogP contribution in [0.5, 0.6) is 0 Å². The first kappa shape index (κ1) is 10.1. The number of aryl methyl sites for hydroxylation is 2. The molecule has 1 rings (SSSR count). The molecular formula is C10H18N2O. The fraction of sp³-hybridized carbons (Fsp3) is 0.600. The lowest BCUT2D eigenvalue weighted by Crippen LogP contribution is -2.26. The van der Waals surface area contributed by atoms with Gasteiger partial charge in [0.15, 0.2) is 0 Å². The monoisotopic (exact) mass is 182 g/mol. The molecule has 0 aliphatic rings. The Morgan fingerprint density at radius 1 is 1.38 bits per heavy atom. The second kappa shape index (κ2) is 4.33. The molecule has 74 valence electrons. The van der Waals surface area contributed by atoms with Gasteiger partial charge < -0.3 is 10.5 Å². The van der Waals surface area contributed by atoms with Crippen LogP contribution in [0.3, 0.4) is 0 Å². The summed E-state index contributed by atoms with van der Waals surface area (Å²) >= 11 is 0. The Kier molecular flexibility index (Phi) is 3.37. The van der Waals surface area contributed by atoms with Gasteiger partial charge >= 0.3 is 0 Å². The maximum atomic E-state index is 9.36. The van der Waals surface area contributed by atoms with Crippen molar-refractivity contribution in [2.24, 2.45) is 0 Å². The van der Waals surface area contributed by atoms with Crippen LogP contribution in [0.25, 0.3) is 0 Å². The van der Waals surface area contributed by atoms with Crippen LogP contribution in [0.2, 0.25) is 0 Å². The van der Waals surface area contributed by atoms with E-state index in [9.17, 15) is 5.11 Å². The normalized spacial score (nSPS) is 12.9. The van der Waals surface area contributed by atoms with Gasteiger partial charge in [-0.3, -0.25) is 4.68 Å². The molecule has 0 aliphatic carbocycles. The third-order valence-electron chi connectivity index (χ3n) is 2.23. The van der Waals surface area contributed by atoms with Gasteiger partial charge in [0.05, 0.1) is 12.6 Å². The van der Waals surface area contributed by atoms with E-state index in [2.05, 4.69) is 17.6 Å². The molecule has 1 aromatic heterocycles. The number of hydrogen-bond acceptors (Lipinski definition) is 2. The summed E-state index contributed by atoms with van der Waals surface area (Å²) < 4.78 is 2.00. The van der Waals surface area contributed by atoms with Crippen molar-refractivity contribution in [3.8, 4) is 0 Å². The number of hydrogen-bond donors (Lipinski definition) is 2. The summed E-state index contributed by atoms with van der Waals surface area (Å²) in [6.07, 6.45) is 0.521. The molecule has 13 heavy (non-hydrogen) atoms. The molecule has 0 radical (unpaired) electrons. The Hall–Kier alpha value is -0.960. The molecular weight excluding hydrogens is 164 g/mol. The molecule has 0 aromatic carbocycles. The predicted octanol–water partition coefficient (Wildman–Crippen LogP) is 1.42. The fourth-order valence-corrected chi connectivity index (χ4v) is 1.26. The van der Waals surface area contributed by atoms with E-state index in [1.54, 1.807) is 0 Å². The quantitative estimate of drug-likeness (QED) is 0.739. The second-order valence-corrected chi connectivity index (χ2v) is 3.38. The molecule has 1 unspecified atom stereocenters. The standard InChI is InChI=1S/C10H18N2O/c1-4-10(13)7-11-12-8(2)5-6-9(12)3/h5-6,10-11,13H,4,7H2,1-3H3. The molecule has 3 heteroatoms. The van der Waals surface area contributed by atoms with Gasteiger partial charge in [-0.15, -0.1) is 0 Å². The number of aliphatic hydroxyl groups excluding tert-OH is 1. The maximum Gasteiger partial charge on any atom is 0.0726 e. The summed E-state index contributed by atoms with van der Waals surface area (Å²) in [6, 6.07) is 4.11. The van der Waals surface area contributed by atoms with Gasteiger partial charge in [0, 0.05) is 11.4 Å². The van der Waals surface area contributed by atoms with Crippen molar-refractivity contribution >= 4 is 0 Å². The van der Waals surface area contributed by atoms with E-state index in [-0.39, 0.29) is 6.10 Å². The summed E-state index contributed by atoms with van der Waals surface area (Å²) in [5.41, 5.74) is 5.51. The van der Waals surface area contributed by atoms with Gasteiger partial charge in [-0.05, 0) is 32.4 Å². The molecule has 1 aromatic rings. The van der Waals surface area contributed by atoms with Crippen LogP contribution in [0.1, 0.15) is 24.7 Å². The molecule has 3 nitrogen and oxygen atoms in total. The van der Waals surface area contributed by atoms with Crippen molar-refractivity contribution in [2.75, 3.05) is 12.0 Å². The lowest BCUT2D eigenvalue weighted by atomic mass is 10.3. The van der Waals surface area contributed by atoms with Crippen LogP contribution in [-0.4, -0.2) is 22.4 Å². The molecule has 0 spiro atoms. The van der Waals surface area contributed by atoms with E-state index in [4.69, 9.17) is 0 Å². The van der Waals surface area contributed by atoms with Crippen molar-refractivity contribution in [1.29, 1.82) is 0 Å². The number of rotatable bonds is 4. The minimum atomic E-state index is -0.263. The maximum absolute atomic E-state index is 9.36. The Bertz CT molecular complexity index is 248. The Morgan fingerprint density at radius 3 is 2.38 bits per heavy atom. The van der Waals surface area contributed by atoms with Crippen LogP contribution in [0.4, 0.5) is 0 Å². The highest BCUT2D eigenvalue weighted by Gasteiger charge is 2.02. The average Bonchev–Trinajstić information content (AvgIpc) is 2.43. The smallest absolute Gasteiger partial charge is 0.0726 e. The molecule has 0 fully saturated rings. The lowest BCUT2D eigenvalue weighted by molar-refractivity contribution is 0.180. The molecule has 1 heterocycles. The van der Waals surface area contributed by atoms with E-state index in [1.165, 1.54) is 11.4 Å². The van der Waals surface area contributed by atoms with Gasteiger partial charge in [0.1, 0.15) is 0 Å². The Balaban J connectivity index is 2.53. The van der Waals surface area contributed by atoms with Crippen LogP contribution >= 0.6 is 0 Å². The van der Waals surface area contributed by atoms with Crippen molar-refractivity contribution in [2.45, 2.75) is 33.3 Å². The molecule has 0 bridgehead atoms. The zero-order valence-corrected chi connectivity index (χ0v) is 8.54. The zero-order valence-electron chi connectivity index (χ0n) is 8.54. The average molecular weight is 182 g/mol. The van der Waals surface area contributed by atoms with Gasteiger partial charge in [-0.2, -0.15) is 0 Å². The summed E-state index contributed by atoms with van der Waals surface area (Å²) in [5, 5.41) is 9.36. The van der Waals surface area contributed by atoms with E-state index in [0.717, 1.165) is 6.42 Å². The number of nitrogens with one attached hydrogen (secondary N) is 1. The lowest BCUT2D eigenvalue weighted by Gasteiger charge is -2.15. The van der Waals surface area contributed by atoms with Crippen molar-refractivity contribution in [1.82, 2.24) is 4.68 Å². The Morgan fingerprint density at radius 2 is 1.92 bits per heavy atom. The number of aromatic nitrogens is 1. The van der Waals surface area contributed by atoms with Gasteiger partial charge in [-0.25, -0.2) is 0 Å². The SMILES string of the molecule is CCC(O)CNn1c(C)ccc1C. The topological polar surface area (TPSA) is 37.2 Å².